The van der Waals surface area contributed by atoms with Crippen molar-refractivity contribution in [1.82, 2.24) is 4.90 Å². The van der Waals surface area contributed by atoms with Gasteiger partial charge in [-0.1, -0.05) is 18.2 Å². The van der Waals surface area contributed by atoms with Crippen molar-refractivity contribution >= 4 is 11.6 Å². The molecule has 1 N–H and O–H groups in total. The number of fused-ring (bicyclic) bond motifs is 4. The van der Waals surface area contributed by atoms with E-state index in [4.69, 9.17) is 14.2 Å². The van der Waals surface area contributed by atoms with Crippen LogP contribution in [0, 0.1) is 10.1 Å². The van der Waals surface area contributed by atoms with Crippen LogP contribution in [0.25, 0.3) is 0 Å². The predicted molar refractivity (Wildman–Crippen MR) is 116 cm³/mol. The molecule has 3 aliphatic rings. The highest BCUT2D eigenvalue weighted by molar-refractivity contribution is 6.07. The fourth-order valence-corrected chi connectivity index (χ4v) is 6.07. The van der Waals surface area contributed by atoms with Crippen LogP contribution in [0.3, 0.4) is 0 Å². The third-order valence-electron chi connectivity index (χ3n) is 7.17. The molecule has 2 aromatic carbocycles. The molecule has 0 unspecified atom stereocenters. The molecule has 2 saturated heterocycles. The molecule has 0 aromatic heterocycles. The summed E-state index contributed by atoms with van der Waals surface area (Å²) in [7, 11) is 4.55. The number of methoxy groups -OCH3 is 3. The number of carbonyl (C=O) groups is 1. The van der Waals surface area contributed by atoms with E-state index >= 15 is 0 Å². The highest BCUT2D eigenvalue weighted by atomic mass is 16.6. The summed E-state index contributed by atoms with van der Waals surface area (Å²) >= 11 is 0. The Morgan fingerprint density at radius 2 is 1.81 bits per heavy atom. The second-order valence-electron chi connectivity index (χ2n) is 8.38. The molecule has 0 radical (unpaired) electrons. The van der Waals surface area contributed by atoms with Crippen molar-refractivity contribution in [3.8, 4) is 17.2 Å². The van der Waals surface area contributed by atoms with Gasteiger partial charge in [-0.3, -0.25) is 19.8 Å². The maximum Gasteiger partial charge on any atom is 0.256 e. The molecule has 5 rings (SSSR count). The van der Waals surface area contributed by atoms with Gasteiger partial charge in [-0.05, 0) is 36.6 Å². The van der Waals surface area contributed by atoms with Crippen molar-refractivity contribution in [3.63, 3.8) is 0 Å². The minimum Gasteiger partial charge on any atom is -0.493 e. The number of rotatable bonds is 5. The largest absolute Gasteiger partial charge is 0.493 e. The average Bonchev–Trinajstić information content (AvgIpc) is 3.46. The van der Waals surface area contributed by atoms with Crippen LogP contribution >= 0.6 is 0 Å². The lowest BCUT2D eigenvalue weighted by molar-refractivity contribution is -0.534. The van der Waals surface area contributed by atoms with E-state index in [2.05, 4.69) is 10.2 Å². The zero-order chi connectivity index (χ0) is 22.6. The van der Waals surface area contributed by atoms with Crippen molar-refractivity contribution in [1.29, 1.82) is 0 Å². The van der Waals surface area contributed by atoms with E-state index in [0.717, 1.165) is 12.8 Å². The number of para-hydroxylation sites is 1. The number of hydrogen-bond acceptors (Lipinski definition) is 7. The molecule has 1 amide bonds. The Kier molecular flexibility index (Phi) is 4.74. The summed E-state index contributed by atoms with van der Waals surface area (Å²) < 4.78 is 16.5. The van der Waals surface area contributed by atoms with Crippen LogP contribution in [-0.4, -0.2) is 55.7 Å². The zero-order valence-electron chi connectivity index (χ0n) is 18.2. The minimum atomic E-state index is -1.35. The van der Waals surface area contributed by atoms with Gasteiger partial charge in [0.25, 0.3) is 11.9 Å². The Morgan fingerprint density at radius 3 is 2.44 bits per heavy atom. The summed E-state index contributed by atoms with van der Waals surface area (Å²) in [4.78, 5) is 28.0. The lowest BCUT2D eigenvalue weighted by atomic mass is 9.77. The predicted octanol–water partition coefficient (Wildman–Crippen LogP) is 2.77. The Labute approximate surface area is 185 Å². The SMILES string of the molecule is COc1cc([C@@H]2[C@@H]3CCCN3[C@]3(C(=O)Nc4ccccc43)[C@@H]2[N+](=O)[O-])cc(OC)c1OC. The molecule has 1 spiro atoms. The van der Waals surface area contributed by atoms with Crippen LogP contribution in [0.15, 0.2) is 36.4 Å². The second kappa shape index (κ2) is 7.37. The third kappa shape index (κ3) is 2.51. The Balaban J connectivity index is 1.75. The molecule has 9 nitrogen and oxygen atoms in total. The van der Waals surface area contributed by atoms with Crippen LogP contribution in [0.4, 0.5) is 5.69 Å². The number of benzene rings is 2. The van der Waals surface area contributed by atoms with Gasteiger partial charge in [0.05, 0.1) is 27.2 Å². The molecule has 2 aromatic rings. The number of nitrogens with zero attached hydrogens (tertiary/aromatic N) is 2. The molecule has 168 valence electrons. The van der Waals surface area contributed by atoms with Gasteiger partial charge in [-0.2, -0.15) is 0 Å². The summed E-state index contributed by atoms with van der Waals surface area (Å²) in [6.07, 6.45) is 1.64. The van der Waals surface area contributed by atoms with Crippen molar-refractivity contribution < 1.29 is 23.9 Å². The van der Waals surface area contributed by atoms with Gasteiger partial charge < -0.3 is 19.5 Å². The number of nitro groups is 1. The van der Waals surface area contributed by atoms with E-state index in [9.17, 15) is 14.9 Å². The number of nitrogens with one attached hydrogen (secondary N) is 1. The van der Waals surface area contributed by atoms with Crippen molar-refractivity contribution in [2.75, 3.05) is 33.2 Å². The Morgan fingerprint density at radius 1 is 1.12 bits per heavy atom. The summed E-state index contributed by atoms with van der Waals surface area (Å²) in [6, 6.07) is 9.51. The molecular weight excluding hydrogens is 414 g/mol. The zero-order valence-corrected chi connectivity index (χ0v) is 18.2. The molecule has 0 aliphatic carbocycles. The molecule has 32 heavy (non-hydrogen) atoms. The maximum absolute atomic E-state index is 13.5. The molecular formula is C23H25N3O6. The van der Waals surface area contributed by atoms with Gasteiger partial charge in [-0.25, -0.2) is 0 Å². The highest BCUT2D eigenvalue weighted by Gasteiger charge is 2.73. The first kappa shape index (κ1) is 20.6. The lowest BCUT2D eigenvalue weighted by Crippen LogP contribution is -2.55. The van der Waals surface area contributed by atoms with E-state index in [0.29, 0.717) is 40.6 Å². The summed E-state index contributed by atoms with van der Waals surface area (Å²) in [5.74, 6) is 0.438. The maximum atomic E-state index is 13.5. The fraction of sp³-hybridized carbons (Fsp3) is 0.435. The number of anilines is 1. The standard InChI is InChI=1S/C23H25N3O6/c1-30-17-11-13(12-18(31-2)20(17)32-3)19-16-9-6-10-25(16)23(21(19)26(28)29)14-7-4-5-8-15(14)24-22(23)27/h4-5,7-8,11-12,16,19,21H,6,9-10H2,1-3H3,(H,24,27)/t16-,19+,21+,23-/m0/s1. The minimum absolute atomic E-state index is 0.162. The molecule has 9 heteroatoms. The molecule has 3 heterocycles. The summed E-state index contributed by atoms with van der Waals surface area (Å²) in [5.41, 5.74) is 0.660. The monoisotopic (exact) mass is 439 g/mol. The summed E-state index contributed by atoms with van der Waals surface area (Å²) in [6.45, 7) is 0.623. The molecule has 3 aliphatic heterocycles. The molecule has 2 fully saturated rings. The van der Waals surface area contributed by atoms with Crippen molar-refractivity contribution in [2.24, 2.45) is 0 Å². The number of amides is 1. The molecule has 0 saturated carbocycles. The quantitative estimate of drug-likeness (QED) is 0.564. The van der Waals surface area contributed by atoms with Gasteiger partial charge in [-0.15, -0.1) is 0 Å². The first-order valence-corrected chi connectivity index (χ1v) is 10.6. The summed E-state index contributed by atoms with van der Waals surface area (Å²) in [5, 5.41) is 15.6. The van der Waals surface area contributed by atoms with E-state index in [1.54, 1.807) is 18.2 Å². The number of ether oxygens (including phenoxy) is 3. The second-order valence-corrected chi connectivity index (χ2v) is 8.38. The molecule has 0 bridgehead atoms. The van der Waals surface area contributed by atoms with Crippen LogP contribution in [-0.2, 0) is 10.3 Å². The number of hydrogen-bond donors (Lipinski definition) is 1. The Hall–Kier alpha value is -3.33. The smallest absolute Gasteiger partial charge is 0.256 e. The first-order chi connectivity index (χ1) is 15.5. The van der Waals surface area contributed by atoms with E-state index in [-0.39, 0.29) is 16.9 Å². The van der Waals surface area contributed by atoms with Gasteiger partial charge >= 0.3 is 0 Å². The fourth-order valence-electron chi connectivity index (χ4n) is 6.07. The van der Waals surface area contributed by atoms with Crippen molar-refractivity contribution in [2.45, 2.75) is 36.4 Å². The van der Waals surface area contributed by atoms with E-state index in [1.807, 2.05) is 18.2 Å². The molecule has 4 atom stereocenters. The van der Waals surface area contributed by atoms with E-state index < -0.39 is 17.5 Å². The van der Waals surface area contributed by atoms with Gasteiger partial charge in [0, 0.05) is 28.8 Å². The van der Waals surface area contributed by atoms with Gasteiger partial charge in [0.15, 0.2) is 17.0 Å². The average molecular weight is 439 g/mol. The van der Waals surface area contributed by atoms with Crippen LogP contribution < -0.4 is 19.5 Å². The Bertz CT molecular complexity index is 1080. The first-order valence-electron chi connectivity index (χ1n) is 10.6. The number of carbonyl (C=O) groups excluding carboxylic acids is 1. The third-order valence-corrected chi connectivity index (χ3v) is 7.17. The van der Waals surface area contributed by atoms with E-state index in [1.165, 1.54) is 21.3 Å². The topological polar surface area (TPSA) is 103 Å². The normalized spacial score (nSPS) is 28.3. The van der Waals surface area contributed by atoms with Crippen molar-refractivity contribution in [3.05, 3.63) is 57.6 Å². The van der Waals surface area contributed by atoms with Crippen LogP contribution in [0.1, 0.15) is 29.9 Å². The van der Waals surface area contributed by atoms with Gasteiger partial charge in [0.2, 0.25) is 5.75 Å². The van der Waals surface area contributed by atoms with Gasteiger partial charge in [0.1, 0.15) is 0 Å². The van der Waals surface area contributed by atoms with Crippen LogP contribution in [0.5, 0.6) is 17.2 Å². The lowest BCUT2D eigenvalue weighted by Gasteiger charge is -2.32. The van der Waals surface area contributed by atoms with Crippen LogP contribution in [0.2, 0.25) is 0 Å². The highest BCUT2D eigenvalue weighted by Crippen LogP contribution is 2.58.